The van der Waals surface area contributed by atoms with Crippen molar-refractivity contribution in [1.29, 1.82) is 0 Å². The summed E-state index contributed by atoms with van der Waals surface area (Å²) < 4.78 is 0. The lowest BCUT2D eigenvalue weighted by molar-refractivity contribution is 0.202. The summed E-state index contributed by atoms with van der Waals surface area (Å²) in [5.74, 6) is 0. The summed E-state index contributed by atoms with van der Waals surface area (Å²) >= 11 is 0. The third-order valence-corrected chi connectivity index (χ3v) is 1.40. The van der Waals surface area contributed by atoms with Crippen molar-refractivity contribution in [1.82, 2.24) is 10.2 Å². The zero-order chi connectivity index (χ0) is 8.69. The van der Waals surface area contributed by atoms with Gasteiger partial charge in [0.25, 0.3) is 0 Å². The van der Waals surface area contributed by atoms with Crippen molar-refractivity contribution in [2.75, 3.05) is 26.2 Å². The van der Waals surface area contributed by atoms with E-state index >= 15 is 0 Å². The Morgan fingerprint density at radius 3 is 2.55 bits per heavy atom. The predicted octanol–water partition coefficient (Wildman–Crippen LogP) is -0.00350. The third-order valence-electron chi connectivity index (χ3n) is 1.40. The van der Waals surface area contributed by atoms with Gasteiger partial charge in [-0.1, -0.05) is 0 Å². The number of rotatable bonds is 4. The van der Waals surface area contributed by atoms with E-state index in [1.807, 2.05) is 13.8 Å². The molecule has 0 atom stereocenters. The van der Waals surface area contributed by atoms with Gasteiger partial charge in [0.05, 0.1) is 0 Å². The van der Waals surface area contributed by atoms with Crippen LogP contribution in [0.1, 0.15) is 13.8 Å². The summed E-state index contributed by atoms with van der Waals surface area (Å²) in [7, 11) is 0. The minimum Gasteiger partial charge on any atom is -0.338 e. The van der Waals surface area contributed by atoms with E-state index in [1.54, 1.807) is 4.90 Å². The van der Waals surface area contributed by atoms with Crippen LogP contribution in [0.25, 0.3) is 0 Å². The minimum absolute atomic E-state index is 0.0274. The second-order valence-corrected chi connectivity index (χ2v) is 2.20. The molecule has 11 heavy (non-hydrogen) atoms. The molecule has 66 valence electrons. The number of hydrogen-bond acceptors (Lipinski definition) is 2. The molecule has 0 bridgehead atoms. The second kappa shape index (κ2) is 5.97. The number of amides is 2. The van der Waals surface area contributed by atoms with E-state index in [9.17, 15) is 4.79 Å². The number of likely N-dealkylation sites (N-methyl/N-ethyl adjacent to an activating group) is 1. The minimum atomic E-state index is -0.0274. The zero-order valence-electron chi connectivity index (χ0n) is 7.26. The molecule has 0 unspecified atom stereocenters. The number of hydrogen-bond donors (Lipinski definition) is 2. The van der Waals surface area contributed by atoms with Crippen molar-refractivity contribution in [2.45, 2.75) is 13.8 Å². The number of carbonyl (C=O) groups is 1. The molecule has 2 amide bonds. The number of carbonyl (C=O) groups excluding carboxylic acids is 1. The van der Waals surface area contributed by atoms with Gasteiger partial charge in [0.1, 0.15) is 0 Å². The van der Waals surface area contributed by atoms with E-state index in [4.69, 9.17) is 5.73 Å². The Morgan fingerprint density at radius 2 is 2.18 bits per heavy atom. The Hall–Kier alpha value is -0.770. The molecule has 0 aliphatic rings. The summed E-state index contributed by atoms with van der Waals surface area (Å²) in [5.41, 5.74) is 5.32. The fourth-order valence-electron chi connectivity index (χ4n) is 0.822. The number of nitrogens with two attached hydrogens (primary N) is 1. The topological polar surface area (TPSA) is 58.4 Å². The molecule has 0 heterocycles. The number of urea groups is 1. The molecule has 0 rings (SSSR count). The maximum absolute atomic E-state index is 11.1. The normalized spacial score (nSPS) is 9.36. The van der Waals surface area contributed by atoms with Crippen LogP contribution in [-0.2, 0) is 0 Å². The van der Waals surface area contributed by atoms with E-state index in [0.29, 0.717) is 26.2 Å². The molecule has 0 aliphatic heterocycles. The predicted molar refractivity (Wildman–Crippen MR) is 45.4 cm³/mol. The molecule has 0 radical (unpaired) electrons. The van der Waals surface area contributed by atoms with E-state index in [1.165, 1.54) is 0 Å². The summed E-state index contributed by atoms with van der Waals surface area (Å²) in [6.45, 7) is 6.36. The highest BCUT2D eigenvalue weighted by Crippen LogP contribution is 1.86. The van der Waals surface area contributed by atoms with E-state index in [-0.39, 0.29) is 6.03 Å². The van der Waals surface area contributed by atoms with Gasteiger partial charge in [0, 0.05) is 26.2 Å². The van der Waals surface area contributed by atoms with Crippen LogP contribution >= 0.6 is 0 Å². The molecule has 0 spiro atoms. The first-order chi connectivity index (χ1) is 5.26. The van der Waals surface area contributed by atoms with Gasteiger partial charge in [0.2, 0.25) is 0 Å². The van der Waals surface area contributed by atoms with E-state index in [0.717, 1.165) is 0 Å². The van der Waals surface area contributed by atoms with Crippen LogP contribution in [0.2, 0.25) is 0 Å². The Morgan fingerprint density at radius 1 is 1.55 bits per heavy atom. The number of nitrogens with zero attached hydrogens (tertiary/aromatic N) is 1. The highest BCUT2D eigenvalue weighted by atomic mass is 16.2. The van der Waals surface area contributed by atoms with E-state index in [2.05, 4.69) is 5.32 Å². The quantitative estimate of drug-likeness (QED) is 0.606. The zero-order valence-corrected chi connectivity index (χ0v) is 7.26. The summed E-state index contributed by atoms with van der Waals surface area (Å²) in [4.78, 5) is 12.8. The Kier molecular flexibility index (Phi) is 5.56. The van der Waals surface area contributed by atoms with Crippen LogP contribution in [0, 0.1) is 0 Å². The lowest BCUT2D eigenvalue weighted by atomic mass is 10.5. The van der Waals surface area contributed by atoms with Crippen molar-refractivity contribution < 1.29 is 4.79 Å². The fourth-order valence-corrected chi connectivity index (χ4v) is 0.822. The first-order valence-electron chi connectivity index (χ1n) is 3.99. The lowest BCUT2D eigenvalue weighted by Crippen LogP contribution is -2.42. The smallest absolute Gasteiger partial charge is 0.317 e. The lowest BCUT2D eigenvalue weighted by Gasteiger charge is -2.19. The third kappa shape index (κ3) is 3.83. The van der Waals surface area contributed by atoms with Gasteiger partial charge >= 0.3 is 6.03 Å². The van der Waals surface area contributed by atoms with Crippen molar-refractivity contribution in [2.24, 2.45) is 5.73 Å². The Balaban J connectivity index is 3.71. The molecule has 0 fully saturated rings. The van der Waals surface area contributed by atoms with E-state index < -0.39 is 0 Å². The summed E-state index contributed by atoms with van der Waals surface area (Å²) in [6.07, 6.45) is 0. The highest BCUT2D eigenvalue weighted by molar-refractivity contribution is 5.73. The average molecular weight is 159 g/mol. The van der Waals surface area contributed by atoms with Gasteiger partial charge in [0.15, 0.2) is 0 Å². The molecule has 0 aromatic heterocycles. The molecule has 3 N–H and O–H groups in total. The van der Waals surface area contributed by atoms with Gasteiger partial charge in [-0.3, -0.25) is 0 Å². The monoisotopic (exact) mass is 159 g/mol. The van der Waals surface area contributed by atoms with Crippen LogP contribution in [0.5, 0.6) is 0 Å². The molecule has 4 nitrogen and oxygen atoms in total. The Labute approximate surface area is 67.7 Å². The molecule has 0 aromatic carbocycles. The van der Waals surface area contributed by atoms with Crippen LogP contribution in [0.3, 0.4) is 0 Å². The average Bonchev–Trinajstić information content (AvgIpc) is 2.00. The first-order valence-corrected chi connectivity index (χ1v) is 3.99. The van der Waals surface area contributed by atoms with Crippen molar-refractivity contribution in [3.8, 4) is 0 Å². The summed E-state index contributed by atoms with van der Waals surface area (Å²) in [5, 5.41) is 2.71. The van der Waals surface area contributed by atoms with Gasteiger partial charge < -0.3 is 16.0 Å². The SMILES string of the molecule is CCNC(=O)N(CC)CCN. The molecule has 0 aliphatic carbocycles. The molecular weight excluding hydrogens is 142 g/mol. The summed E-state index contributed by atoms with van der Waals surface area (Å²) in [6, 6.07) is -0.0274. The van der Waals surface area contributed by atoms with Crippen LogP contribution in [0.4, 0.5) is 4.79 Å². The van der Waals surface area contributed by atoms with Gasteiger partial charge in [-0.25, -0.2) is 4.79 Å². The van der Waals surface area contributed by atoms with Crippen LogP contribution in [-0.4, -0.2) is 37.1 Å². The Bertz CT molecular complexity index is 116. The van der Waals surface area contributed by atoms with Gasteiger partial charge in [-0.05, 0) is 13.8 Å². The van der Waals surface area contributed by atoms with Crippen LogP contribution in [0.15, 0.2) is 0 Å². The highest BCUT2D eigenvalue weighted by Gasteiger charge is 2.07. The van der Waals surface area contributed by atoms with Crippen molar-refractivity contribution in [3.63, 3.8) is 0 Å². The largest absolute Gasteiger partial charge is 0.338 e. The number of nitrogens with one attached hydrogen (secondary N) is 1. The molecule has 4 heteroatoms. The van der Waals surface area contributed by atoms with Crippen molar-refractivity contribution >= 4 is 6.03 Å². The molecular formula is C7H17N3O. The van der Waals surface area contributed by atoms with Gasteiger partial charge in [-0.2, -0.15) is 0 Å². The molecule has 0 aromatic rings. The molecule has 0 saturated heterocycles. The molecule has 0 saturated carbocycles. The van der Waals surface area contributed by atoms with Gasteiger partial charge in [-0.15, -0.1) is 0 Å². The van der Waals surface area contributed by atoms with Crippen molar-refractivity contribution in [3.05, 3.63) is 0 Å². The van der Waals surface area contributed by atoms with Crippen LogP contribution < -0.4 is 11.1 Å². The maximum Gasteiger partial charge on any atom is 0.317 e. The fraction of sp³-hybridized carbons (Fsp3) is 0.857. The maximum atomic E-state index is 11.1. The second-order valence-electron chi connectivity index (χ2n) is 2.20. The first kappa shape index (κ1) is 10.2. The standard InChI is InChI=1S/C7H17N3O/c1-3-9-7(11)10(4-2)6-5-8/h3-6,8H2,1-2H3,(H,9,11).